The van der Waals surface area contributed by atoms with Gasteiger partial charge in [0.15, 0.2) is 5.78 Å². The lowest BCUT2D eigenvalue weighted by molar-refractivity contribution is -0.150. The van der Waals surface area contributed by atoms with E-state index in [1.807, 2.05) is 0 Å². The molecule has 0 amide bonds. The van der Waals surface area contributed by atoms with Gasteiger partial charge < -0.3 is 4.74 Å². The Bertz CT molecular complexity index is 584. The van der Waals surface area contributed by atoms with Crippen molar-refractivity contribution in [1.82, 2.24) is 0 Å². The highest BCUT2D eigenvalue weighted by molar-refractivity contribution is 5.85. The first kappa shape index (κ1) is 18.5. The summed E-state index contributed by atoms with van der Waals surface area (Å²) in [6.07, 6.45) is 13.2. The number of hydrogen-bond acceptors (Lipinski definition) is 3. The molecule has 4 saturated carbocycles. The second-order valence-corrected chi connectivity index (χ2v) is 10.3. The number of ether oxygens (including phenoxy) is 1. The van der Waals surface area contributed by atoms with Crippen LogP contribution in [0.3, 0.4) is 0 Å². The van der Waals surface area contributed by atoms with Crippen LogP contribution in [0.2, 0.25) is 0 Å². The zero-order chi connectivity index (χ0) is 18.5. The maximum Gasteiger partial charge on any atom is 0.303 e. The van der Waals surface area contributed by atoms with Gasteiger partial charge in [-0.15, -0.1) is 0 Å². The van der Waals surface area contributed by atoms with Gasteiger partial charge in [-0.3, -0.25) is 9.59 Å². The van der Waals surface area contributed by atoms with Crippen LogP contribution in [0.5, 0.6) is 0 Å². The number of rotatable bonds is 3. The summed E-state index contributed by atoms with van der Waals surface area (Å²) in [6.45, 7) is 6.36. The number of esters is 1. The van der Waals surface area contributed by atoms with Crippen LogP contribution >= 0.6 is 0 Å². The first-order valence-electron chi connectivity index (χ1n) is 11.0. The fourth-order valence-corrected chi connectivity index (χ4v) is 8.10. The molecule has 0 radical (unpaired) electrons. The van der Waals surface area contributed by atoms with Crippen LogP contribution in [0, 0.1) is 40.4 Å². The lowest BCUT2D eigenvalue weighted by atomic mass is 9.45. The highest BCUT2D eigenvalue weighted by atomic mass is 16.5. The van der Waals surface area contributed by atoms with Gasteiger partial charge in [0.05, 0.1) is 0 Å². The van der Waals surface area contributed by atoms with Gasteiger partial charge in [0.2, 0.25) is 0 Å². The molecule has 0 bridgehead atoms. The molecule has 4 fully saturated rings. The SMILES string of the molecule is CC(=O)OCC(=O)[C@@H]1CC[C@@H]2[C@@H]3CC[C@H]4CCCC[C@]4(C)[C@@H]3CC[C@]21C. The van der Waals surface area contributed by atoms with Crippen LogP contribution in [-0.4, -0.2) is 18.4 Å². The normalized spacial score (nSPS) is 47.4. The van der Waals surface area contributed by atoms with Crippen LogP contribution in [-0.2, 0) is 14.3 Å². The maximum absolute atomic E-state index is 12.8. The summed E-state index contributed by atoms with van der Waals surface area (Å²) in [7, 11) is 0. The lowest BCUT2D eigenvalue weighted by Crippen LogP contribution is -2.53. The third-order valence-electron chi connectivity index (χ3n) is 9.39. The van der Waals surface area contributed by atoms with Crippen molar-refractivity contribution < 1.29 is 14.3 Å². The predicted octanol–water partition coefficient (Wildman–Crippen LogP) is 5.17. The molecular formula is C23H36O3. The van der Waals surface area contributed by atoms with Gasteiger partial charge >= 0.3 is 5.97 Å². The Balaban J connectivity index is 1.53. The van der Waals surface area contributed by atoms with Gasteiger partial charge in [-0.1, -0.05) is 26.7 Å². The van der Waals surface area contributed by atoms with Crippen molar-refractivity contribution >= 4 is 11.8 Å². The largest absolute Gasteiger partial charge is 0.458 e. The molecule has 0 aromatic heterocycles. The molecule has 146 valence electrons. The molecule has 4 aliphatic carbocycles. The van der Waals surface area contributed by atoms with E-state index in [4.69, 9.17) is 4.74 Å². The zero-order valence-electron chi connectivity index (χ0n) is 16.9. The summed E-state index contributed by atoms with van der Waals surface area (Å²) in [5.41, 5.74) is 0.693. The van der Waals surface area contributed by atoms with Crippen LogP contribution in [0.15, 0.2) is 0 Å². The zero-order valence-corrected chi connectivity index (χ0v) is 16.9. The van der Waals surface area contributed by atoms with E-state index in [2.05, 4.69) is 13.8 Å². The van der Waals surface area contributed by atoms with E-state index >= 15 is 0 Å². The summed E-state index contributed by atoms with van der Waals surface area (Å²) >= 11 is 0. The molecule has 4 rings (SSSR count). The smallest absolute Gasteiger partial charge is 0.303 e. The van der Waals surface area contributed by atoms with E-state index in [0.29, 0.717) is 11.3 Å². The molecular weight excluding hydrogens is 324 g/mol. The van der Waals surface area contributed by atoms with Crippen LogP contribution in [0.1, 0.15) is 85.0 Å². The highest BCUT2D eigenvalue weighted by Crippen LogP contribution is 2.67. The van der Waals surface area contributed by atoms with E-state index in [1.54, 1.807) is 0 Å². The first-order chi connectivity index (χ1) is 12.4. The van der Waals surface area contributed by atoms with Gasteiger partial charge in [-0.25, -0.2) is 0 Å². The Kier molecular flexibility index (Phi) is 4.72. The average Bonchev–Trinajstić information content (AvgIpc) is 2.96. The number of Topliss-reactive ketones (excluding diaryl/α,β-unsaturated/α-hetero) is 1. The fraction of sp³-hybridized carbons (Fsp3) is 0.913. The molecule has 0 aromatic rings. The minimum atomic E-state index is -0.342. The Morgan fingerprint density at radius 1 is 0.885 bits per heavy atom. The minimum absolute atomic E-state index is 0.0177. The first-order valence-corrected chi connectivity index (χ1v) is 11.0. The second-order valence-electron chi connectivity index (χ2n) is 10.3. The number of carbonyl (C=O) groups is 2. The Labute approximate surface area is 158 Å². The minimum Gasteiger partial charge on any atom is -0.458 e. The summed E-state index contributed by atoms with van der Waals surface area (Å²) in [5, 5.41) is 0. The van der Waals surface area contributed by atoms with Crippen LogP contribution in [0.4, 0.5) is 0 Å². The highest BCUT2D eigenvalue weighted by Gasteiger charge is 2.60. The number of carbonyl (C=O) groups excluding carboxylic acids is 2. The van der Waals surface area contributed by atoms with Crippen LogP contribution in [0.25, 0.3) is 0 Å². The topological polar surface area (TPSA) is 43.4 Å². The van der Waals surface area contributed by atoms with E-state index in [0.717, 1.165) is 24.2 Å². The molecule has 0 aromatic carbocycles. The summed E-state index contributed by atoms with van der Waals surface area (Å²) in [6, 6.07) is 0. The van der Waals surface area contributed by atoms with E-state index in [-0.39, 0.29) is 29.7 Å². The number of ketones is 1. The van der Waals surface area contributed by atoms with Gasteiger partial charge in [0, 0.05) is 12.8 Å². The van der Waals surface area contributed by atoms with Gasteiger partial charge in [-0.2, -0.15) is 0 Å². The predicted molar refractivity (Wildman–Crippen MR) is 101 cm³/mol. The second kappa shape index (κ2) is 6.63. The van der Waals surface area contributed by atoms with E-state index in [9.17, 15) is 9.59 Å². The average molecular weight is 361 g/mol. The quantitative estimate of drug-likeness (QED) is 0.652. The Hall–Kier alpha value is -0.860. The molecule has 0 aliphatic heterocycles. The van der Waals surface area contributed by atoms with E-state index in [1.165, 1.54) is 64.7 Å². The van der Waals surface area contributed by atoms with Gasteiger partial charge in [-0.05, 0) is 85.9 Å². The van der Waals surface area contributed by atoms with Gasteiger partial charge in [0.1, 0.15) is 6.61 Å². The molecule has 4 aliphatic rings. The van der Waals surface area contributed by atoms with Gasteiger partial charge in [0.25, 0.3) is 0 Å². The Morgan fingerprint density at radius 3 is 2.42 bits per heavy atom. The van der Waals surface area contributed by atoms with Crippen molar-refractivity contribution in [2.75, 3.05) is 6.61 Å². The standard InChI is InChI=1S/C23H36O3/c1-15(24)26-14-21(25)20-10-9-18-17-8-7-16-6-4-5-12-22(16,2)19(17)11-13-23(18,20)3/h16-20H,4-14H2,1-3H3/t16-,17+,18-,19-,20+,22+,23-/m1/s1. The lowest BCUT2D eigenvalue weighted by Gasteiger charge is -2.60. The van der Waals surface area contributed by atoms with Crippen molar-refractivity contribution in [3.63, 3.8) is 0 Å². The summed E-state index contributed by atoms with van der Waals surface area (Å²) in [4.78, 5) is 23.9. The molecule has 7 atom stereocenters. The molecule has 0 N–H and O–H groups in total. The van der Waals surface area contributed by atoms with Crippen LogP contribution < -0.4 is 0 Å². The molecule has 3 heteroatoms. The van der Waals surface area contributed by atoms with Crippen molar-refractivity contribution in [3.05, 3.63) is 0 Å². The maximum atomic E-state index is 12.8. The molecule has 26 heavy (non-hydrogen) atoms. The summed E-state index contributed by atoms with van der Waals surface area (Å²) < 4.78 is 5.05. The Morgan fingerprint density at radius 2 is 1.65 bits per heavy atom. The van der Waals surface area contributed by atoms with Crippen molar-refractivity contribution in [2.24, 2.45) is 40.4 Å². The molecule has 0 heterocycles. The van der Waals surface area contributed by atoms with Crippen molar-refractivity contribution in [2.45, 2.75) is 85.0 Å². The molecule has 0 unspecified atom stereocenters. The van der Waals surface area contributed by atoms with Crippen molar-refractivity contribution in [1.29, 1.82) is 0 Å². The molecule has 0 saturated heterocycles. The van der Waals surface area contributed by atoms with Crippen molar-refractivity contribution in [3.8, 4) is 0 Å². The molecule has 3 nitrogen and oxygen atoms in total. The monoisotopic (exact) mass is 360 g/mol. The van der Waals surface area contributed by atoms with E-state index < -0.39 is 0 Å². The third-order valence-corrected chi connectivity index (χ3v) is 9.39. The summed E-state index contributed by atoms with van der Waals surface area (Å²) in [5.74, 6) is 3.27. The fourth-order valence-electron chi connectivity index (χ4n) is 8.10. The molecule has 0 spiro atoms. The number of fused-ring (bicyclic) bond motifs is 5. The number of hydrogen-bond donors (Lipinski definition) is 0. The third kappa shape index (κ3) is 2.76.